The molecule has 1 aromatic carbocycles. The molecule has 0 spiro atoms. The van der Waals surface area contributed by atoms with Crippen molar-refractivity contribution in [2.24, 2.45) is 13.0 Å². The molecule has 1 aromatic heterocycles. The molecule has 1 amide bonds. The lowest BCUT2D eigenvalue weighted by atomic mass is 9.89. The van der Waals surface area contributed by atoms with Crippen molar-refractivity contribution in [2.45, 2.75) is 24.8 Å². The summed E-state index contributed by atoms with van der Waals surface area (Å²) in [5.74, 6) is 0.260. The number of hydrogen-bond acceptors (Lipinski definition) is 4. The molecule has 3 heterocycles. The van der Waals surface area contributed by atoms with Crippen molar-refractivity contribution >= 4 is 5.91 Å². The zero-order valence-corrected chi connectivity index (χ0v) is 14.7. The molecule has 138 valence electrons. The van der Waals surface area contributed by atoms with E-state index >= 15 is 0 Å². The second-order valence-corrected chi connectivity index (χ2v) is 7.05. The number of carbonyl (C=O) groups is 1. The predicted octanol–water partition coefficient (Wildman–Crippen LogP) is 1.89. The van der Waals surface area contributed by atoms with Crippen molar-refractivity contribution in [3.8, 4) is 5.75 Å². The number of aromatic nitrogens is 2. The van der Waals surface area contributed by atoms with Gasteiger partial charge in [0, 0.05) is 37.8 Å². The highest BCUT2D eigenvalue weighted by Gasteiger charge is 2.36. The van der Waals surface area contributed by atoms with Gasteiger partial charge in [-0.25, -0.2) is 4.39 Å². The van der Waals surface area contributed by atoms with Crippen LogP contribution in [0.5, 0.6) is 5.75 Å². The molecule has 4 rings (SSSR count). The maximum atomic E-state index is 13.7. The minimum absolute atomic E-state index is 0.00837. The van der Waals surface area contributed by atoms with Crippen molar-refractivity contribution in [2.75, 3.05) is 19.7 Å². The Labute approximate surface area is 151 Å². The van der Waals surface area contributed by atoms with Crippen molar-refractivity contribution in [3.63, 3.8) is 0 Å². The molecular formula is C19H23FN4O2. The lowest BCUT2D eigenvalue weighted by Crippen LogP contribution is -2.36. The number of ether oxygens (including phenoxy) is 1. The van der Waals surface area contributed by atoms with Crippen LogP contribution in [0, 0.1) is 11.7 Å². The van der Waals surface area contributed by atoms with E-state index in [1.165, 1.54) is 12.1 Å². The summed E-state index contributed by atoms with van der Waals surface area (Å²) in [7, 11) is 1.87. The molecule has 0 bridgehead atoms. The molecule has 1 unspecified atom stereocenters. The van der Waals surface area contributed by atoms with Gasteiger partial charge in [0.05, 0.1) is 24.8 Å². The number of benzene rings is 1. The molecule has 0 saturated carbocycles. The Morgan fingerprint density at radius 3 is 3.12 bits per heavy atom. The second kappa shape index (κ2) is 7.07. The van der Waals surface area contributed by atoms with Gasteiger partial charge in [-0.2, -0.15) is 5.10 Å². The minimum atomic E-state index is -0.315. The van der Waals surface area contributed by atoms with Gasteiger partial charge in [0.25, 0.3) is 0 Å². The van der Waals surface area contributed by atoms with E-state index in [1.807, 2.05) is 19.4 Å². The first-order valence-corrected chi connectivity index (χ1v) is 9.03. The van der Waals surface area contributed by atoms with E-state index in [1.54, 1.807) is 10.7 Å². The van der Waals surface area contributed by atoms with Crippen molar-refractivity contribution < 1.29 is 13.9 Å². The van der Waals surface area contributed by atoms with E-state index in [0.717, 1.165) is 30.5 Å². The molecule has 26 heavy (non-hydrogen) atoms. The lowest BCUT2D eigenvalue weighted by Gasteiger charge is -2.23. The van der Waals surface area contributed by atoms with Crippen molar-refractivity contribution in [3.05, 3.63) is 47.5 Å². The summed E-state index contributed by atoms with van der Waals surface area (Å²) in [6, 6.07) is 4.27. The van der Waals surface area contributed by atoms with E-state index in [9.17, 15) is 9.18 Å². The number of nitrogens with zero attached hydrogens (tertiary/aromatic N) is 2. The Bertz CT molecular complexity index is 807. The third-order valence-corrected chi connectivity index (χ3v) is 5.26. The fourth-order valence-electron chi connectivity index (χ4n) is 3.91. The number of carbonyl (C=O) groups excluding carboxylic acids is 1. The number of aryl methyl sites for hydroxylation is 1. The quantitative estimate of drug-likeness (QED) is 0.879. The summed E-state index contributed by atoms with van der Waals surface area (Å²) in [6.07, 6.45) is 5.33. The first kappa shape index (κ1) is 17.0. The third-order valence-electron chi connectivity index (χ3n) is 5.26. The lowest BCUT2D eigenvalue weighted by molar-refractivity contribution is -0.125. The van der Waals surface area contributed by atoms with Crippen LogP contribution in [0.3, 0.4) is 0 Å². The Morgan fingerprint density at radius 1 is 1.42 bits per heavy atom. The summed E-state index contributed by atoms with van der Waals surface area (Å²) in [5.41, 5.74) is 1.79. The molecule has 2 N–H and O–H groups in total. The van der Waals surface area contributed by atoms with Gasteiger partial charge in [0.1, 0.15) is 11.6 Å². The van der Waals surface area contributed by atoms with Gasteiger partial charge in [-0.05, 0) is 36.6 Å². The summed E-state index contributed by atoms with van der Waals surface area (Å²) in [4.78, 5) is 13.0. The maximum absolute atomic E-state index is 13.7. The van der Waals surface area contributed by atoms with Gasteiger partial charge < -0.3 is 15.4 Å². The Balaban J connectivity index is 1.53. The molecule has 6 nitrogen and oxygen atoms in total. The van der Waals surface area contributed by atoms with E-state index in [2.05, 4.69) is 15.7 Å². The van der Waals surface area contributed by atoms with Gasteiger partial charge in [0.2, 0.25) is 5.91 Å². The highest BCUT2D eigenvalue weighted by Crippen LogP contribution is 2.34. The number of hydrogen-bond donors (Lipinski definition) is 2. The van der Waals surface area contributed by atoms with Gasteiger partial charge in [-0.15, -0.1) is 0 Å². The fourth-order valence-corrected chi connectivity index (χ4v) is 3.91. The monoisotopic (exact) mass is 358 g/mol. The van der Waals surface area contributed by atoms with E-state index in [-0.39, 0.29) is 29.6 Å². The molecule has 2 aliphatic heterocycles. The minimum Gasteiger partial charge on any atom is -0.493 e. The number of nitrogens with one attached hydrogen (secondary N) is 2. The summed E-state index contributed by atoms with van der Waals surface area (Å²) >= 11 is 0. The second-order valence-electron chi connectivity index (χ2n) is 7.05. The van der Waals surface area contributed by atoms with E-state index in [0.29, 0.717) is 18.9 Å². The Morgan fingerprint density at radius 2 is 2.31 bits per heavy atom. The zero-order chi connectivity index (χ0) is 18.1. The number of rotatable bonds is 3. The smallest absolute Gasteiger partial charge is 0.225 e. The molecule has 0 radical (unpaired) electrons. The molecule has 2 aliphatic rings. The molecule has 1 fully saturated rings. The summed E-state index contributed by atoms with van der Waals surface area (Å²) in [6.45, 7) is 1.96. The SMILES string of the molecule is Cn1cc([C@H]2CNC[C@@H]2C(=O)NC2CCCOc3ccc(F)cc32)cn1. The van der Waals surface area contributed by atoms with Gasteiger partial charge >= 0.3 is 0 Å². The maximum Gasteiger partial charge on any atom is 0.225 e. The molecule has 0 aliphatic carbocycles. The van der Waals surface area contributed by atoms with Crippen LogP contribution < -0.4 is 15.4 Å². The molecule has 7 heteroatoms. The average molecular weight is 358 g/mol. The molecule has 1 saturated heterocycles. The van der Waals surface area contributed by atoms with Gasteiger partial charge in [-0.3, -0.25) is 9.48 Å². The van der Waals surface area contributed by atoms with E-state index < -0.39 is 0 Å². The zero-order valence-electron chi connectivity index (χ0n) is 14.7. The summed E-state index contributed by atoms with van der Waals surface area (Å²) < 4.78 is 21.2. The van der Waals surface area contributed by atoms with Crippen LogP contribution in [0.4, 0.5) is 4.39 Å². The van der Waals surface area contributed by atoms with Crippen LogP contribution in [0.15, 0.2) is 30.6 Å². The number of amides is 1. The highest BCUT2D eigenvalue weighted by atomic mass is 19.1. The highest BCUT2D eigenvalue weighted by molar-refractivity contribution is 5.81. The van der Waals surface area contributed by atoms with Crippen LogP contribution in [0.1, 0.15) is 35.9 Å². The van der Waals surface area contributed by atoms with Gasteiger partial charge in [-0.1, -0.05) is 0 Å². The van der Waals surface area contributed by atoms with Crippen LogP contribution in [-0.4, -0.2) is 35.4 Å². The van der Waals surface area contributed by atoms with Crippen molar-refractivity contribution in [1.82, 2.24) is 20.4 Å². The fraction of sp³-hybridized carbons (Fsp3) is 0.474. The molecule has 3 atom stereocenters. The number of halogens is 1. The summed E-state index contributed by atoms with van der Waals surface area (Å²) in [5, 5.41) is 10.7. The Kier molecular flexibility index (Phi) is 4.63. The Hall–Kier alpha value is -2.41. The standard InChI is InChI=1S/C19H23FN4O2/c1-24-11-12(8-22-24)15-9-21-10-16(15)19(25)23-17-3-2-6-26-18-5-4-13(20)7-14(17)18/h4-5,7-8,11,15-17,21H,2-3,6,9-10H2,1H3,(H,23,25)/t15-,16+,17?/m1/s1. The van der Waals surface area contributed by atoms with Crippen LogP contribution in [-0.2, 0) is 11.8 Å². The first-order valence-electron chi connectivity index (χ1n) is 9.03. The molecular weight excluding hydrogens is 335 g/mol. The van der Waals surface area contributed by atoms with Crippen LogP contribution in [0.25, 0.3) is 0 Å². The largest absolute Gasteiger partial charge is 0.493 e. The molecule has 2 aromatic rings. The van der Waals surface area contributed by atoms with Crippen LogP contribution in [0.2, 0.25) is 0 Å². The number of fused-ring (bicyclic) bond motifs is 1. The van der Waals surface area contributed by atoms with Gasteiger partial charge in [0.15, 0.2) is 0 Å². The topological polar surface area (TPSA) is 68.2 Å². The van der Waals surface area contributed by atoms with Crippen LogP contribution >= 0.6 is 0 Å². The predicted molar refractivity (Wildman–Crippen MR) is 94.3 cm³/mol. The first-order chi connectivity index (χ1) is 12.6. The van der Waals surface area contributed by atoms with E-state index in [4.69, 9.17) is 4.74 Å². The van der Waals surface area contributed by atoms with Crippen molar-refractivity contribution in [1.29, 1.82) is 0 Å². The normalized spacial score (nSPS) is 25.2. The third kappa shape index (κ3) is 3.31. The average Bonchev–Trinajstić information content (AvgIpc) is 3.22.